The molecule has 1 aliphatic heterocycles. The maximum atomic E-state index is 12.4. The molecule has 1 aromatic rings. The summed E-state index contributed by atoms with van der Waals surface area (Å²) in [5.74, 6) is 0.00954. The maximum absolute atomic E-state index is 12.4. The lowest BCUT2D eigenvalue weighted by Crippen LogP contribution is -2.46. The van der Waals surface area contributed by atoms with Crippen LogP contribution >= 0.6 is 35.0 Å². The van der Waals surface area contributed by atoms with Crippen LogP contribution in [-0.2, 0) is 9.53 Å². The van der Waals surface area contributed by atoms with E-state index >= 15 is 0 Å². The Morgan fingerprint density at radius 1 is 1.42 bits per heavy atom. The number of ether oxygens (including phenoxy) is 1. The normalized spacial score (nSPS) is 17.4. The van der Waals surface area contributed by atoms with Crippen LogP contribution < -0.4 is 11.1 Å². The van der Waals surface area contributed by atoms with E-state index in [-0.39, 0.29) is 18.3 Å². The Bertz CT molecular complexity index is 436. The lowest BCUT2D eigenvalue weighted by atomic mass is 9.79. The molecule has 19 heavy (non-hydrogen) atoms. The maximum Gasteiger partial charge on any atom is 0.232 e. The van der Waals surface area contributed by atoms with E-state index in [1.807, 2.05) is 24.3 Å². The zero-order chi connectivity index (χ0) is 13.0. The molecule has 0 atom stereocenters. The second kappa shape index (κ2) is 7.42. The van der Waals surface area contributed by atoms with Crippen molar-refractivity contribution in [1.29, 1.82) is 0 Å². The van der Waals surface area contributed by atoms with Crippen LogP contribution in [0.15, 0.2) is 24.3 Å². The van der Waals surface area contributed by atoms with E-state index in [9.17, 15) is 4.79 Å². The van der Waals surface area contributed by atoms with E-state index in [4.69, 9.17) is 10.5 Å². The van der Waals surface area contributed by atoms with Crippen molar-refractivity contribution < 1.29 is 9.53 Å². The summed E-state index contributed by atoms with van der Waals surface area (Å²) in [5.41, 5.74) is 6.16. The molecule has 4 nitrogen and oxygen atoms in total. The number of nitrogens with two attached hydrogens (primary N) is 1. The van der Waals surface area contributed by atoms with Crippen molar-refractivity contribution >= 4 is 46.6 Å². The van der Waals surface area contributed by atoms with Crippen molar-refractivity contribution in [2.24, 2.45) is 11.1 Å². The van der Waals surface area contributed by atoms with Gasteiger partial charge in [0.25, 0.3) is 0 Å². The Balaban J connectivity index is 0.00000180. The molecule has 0 bridgehead atoms. The van der Waals surface area contributed by atoms with Gasteiger partial charge in [0.15, 0.2) is 0 Å². The van der Waals surface area contributed by atoms with Crippen LogP contribution in [0, 0.1) is 8.99 Å². The molecule has 0 saturated carbocycles. The van der Waals surface area contributed by atoms with E-state index < -0.39 is 5.41 Å². The van der Waals surface area contributed by atoms with Gasteiger partial charge in [-0.2, -0.15) is 0 Å². The van der Waals surface area contributed by atoms with Crippen molar-refractivity contribution in [1.82, 2.24) is 0 Å². The zero-order valence-corrected chi connectivity index (χ0v) is 13.5. The highest BCUT2D eigenvalue weighted by atomic mass is 127. The molecule has 0 radical (unpaired) electrons. The van der Waals surface area contributed by atoms with Crippen LogP contribution in [0.4, 0.5) is 5.69 Å². The third-order valence-corrected chi connectivity index (χ3v) is 4.08. The molecule has 0 aromatic heterocycles. The summed E-state index contributed by atoms with van der Waals surface area (Å²) in [4.78, 5) is 12.4. The summed E-state index contributed by atoms with van der Waals surface area (Å²) in [6.07, 6.45) is 1.39. The lowest BCUT2D eigenvalue weighted by molar-refractivity contribution is -0.130. The molecule has 2 rings (SSSR count). The Morgan fingerprint density at radius 2 is 2.11 bits per heavy atom. The van der Waals surface area contributed by atoms with Crippen molar-refractivity contribution in [3.8, 4) is 0 Å². The molecule has 0 spiro atoms. The van der Waals surface area contributed by atoms with Crippen molar-refractivity contribution in [2.75, 3.05) is 25.1 Å². The first kappa shape index (κ1) is 16.7. The molecule has 0 unspecified atom stereocenters. The molecule has 1 amide bonds. The first-order valence-electron chi connectivity index (χ1n) is 6.01. The number of carbonyl (C=O) groups excluding carboxylic acids is 1. The number of halogens is 2. The highest BCUT2D eigenvalue weighted by Gasteiger charge is 2.38. The molecule has 0 aliphatic carbocycles. The Morgan fingerprint density at radius 3 is 2.68 bits per heavy atom. The monoisotopic (exact) mass is 396 g/mol. The van der Waals surface area contributed by atoms with Crippen LogP contribution in [0.2, 0.25) is 0 Å². The smallest absolute Gasteiger partial charge is 0.232 e. The number of anilines is 1. The van der Waals surface area contributed by atoms with E-state index in [0.717, 1.165) is 9.26 Å². The largest absolute Gasteiger partial charge is 0.381 e. The fourth-order valence-electron chi connectivity index (χ4n) is 2.12. The van der Waals surface area contributed by atoms with E-state index in [1.165, 1.54) is 0 Å². The molecular weight excluding hydrogens is 379 g/mol. The number of rotatable bonds is 3. The summed E-state index contributed by atoms with van der Waals surface area (Å²) in [6.45, 7) is 1.58. The zero-order valence-electron chi connectivity index (χ0n) is 10.5. The summed E-state index contributed by atoms with van der Waals surface area (Å²) in [6, 6.07) is 7.76. The van der Waals surface area contributed by atoms with Gasteiger partial charge in [0.05, 0.1) is 5.41 Å². The van der Waals surface area contributed by atoms with Crippen LogP contribution in [0.5, 0.6) is 0 Å². The Hall–Kier alpha value is -0.370. The van der Waals surface area contributed by atoms with Gasteiger partial charge in [-0.15, -0.1) is 12.4 Å². The summed E-state index contributed by atoms with van der Waals surface area (Å²) >= 11 is 2.22. The number of amides is 1. The van der Waals surface area contributed by atoms with E-state index in [1.54, 1.807) is 0 Å². The number of nitrogens with one attached hydrogen (secondary N) is 1. The van der Waals surface area contributed by atoms with Crippen LogP contribution in [0.1, 0.15) is 12.8 Å². The minimum Gasteiger partial charge on any atom is -0.381 e. The summed E-state index contributed by atoms with van der Waals surface area (Å²) in [7, 11) is 0. The van der Waals surface area contributed by atoms with Gasteiger partial charge in [0.1, 0.15) is 0 Å². The molecule has 1 aliphatic rings. The number of carbonyl (C=O) groups is 1. The third-order valence-electron chi connectivity index (χ3n) is 3.40. The summed E-state index contributed by atoms with van der Waals surface area (Å²) in [5, 5.41) is 2.96. The van der Waals surface area contributed by atoms with Gasteiger partial charge < -0.3 is 15.8 Å². The first-order valence-corrected chi connectivity index (χ1v) is 7.09. The number of benzene rings is 1. The van der Waals surface area contributed by atoms with Crippen LogP contribution in [0.25, 0.3) is 0 Å². The van der Waals surface area contributed by atoms with E-state index in [2.05, 4.69) is 27.9 Å². The molecule has 3 N–H and O–H groups in total. The SMILES string of the molecule is Cl.NCC1(C(=O)Nc2cccc(I)c2)CCOCC1. The molecule has 1 saturated heterocycles. The minimum atomic E-state index is -0.473. The standard InChI is InChI=1S/C13H17IN2O2.ClH/c14-10-2-1-3-11(8-10)16-12(17)13(9-15)4-6-18-7-5-13;/h1-3,8H,4-7,9,15H2,(H,16,17);1H. The number of hydrogen-bond donors (Lipinski definition) is 2. The van der Waals surface area contributed by atoms with Crippen molar-refractivity contribution in [2.45, 2.75) is 12.8 Å². The first-order chi connectivity index (χ1) is 8.66. The van der Waals surface area contributed by atoms with Crippen LogP contribution in [-0.4, -0.2) is 25.7 Å². The molecule has 106 valence electrons. The minimum absolute atomic E-state index is 0. The Kier molecular flexibility index (Phi) is 6.52. The molecule has 6 heteroatoms. The topological polar surface area (TPSA) is 64.4 Å². The van der Waals surface area contributed by atoms with Gasteiger partial charge in [-0.25, -0.2) is 0 Å². The fourth-order valence-corrected chi connectivity index (χ4v) is 2.66. The van der Waals surface area contributed by atoms with Crippen LogP contribution in [0.3, 0.4) is 0 Å². The summed E-state index contributed by atoms with van der Waals surface area (Å²) < 4.78 is 6.41. The lowest BCUT2D eigenvalue weighted by Gasteiger charge is -2.34. The molecule has 1 fully saturated rings. The Labute approximate surface area is 133 Å². The third kappa shape index (κ3) is 4.05. The highest BCUT2D eigenvalue weighted by Crippen LogP contribution is 2.31. The predicted octanol–water partition coefficient (Wildman–Crippen LogP) is 2.41. The molecule has 1 aromatic carbocycles. The van der Waals surface area contributed by atoms with E-state index in [0.29, 0.717) is 32.6 Å². The second-order valence-electron chi connectivity index (χ2n) is 4.56. The van der Waals surface area contributed by atoms with Gasteiger partial charge in [0.2, 0.25) is 5.91 Å². The second-order valence-corrected chi connectivity index (χ2v) is 5.81. The fraction of sp³-hybridized carbons (Fsp3) is 0.462. The van der Waals surface area contributed by atoms with Gasteiger partial charge in [-0.05, 0) is 53.6 Å². The molecular formula is C13H18ClIN2O2. The number of hydrogen-bond acceptors (Lipinski definition) is 3. The predicted molar refractivity (Wildman–Crippen MR) is 86.6 cm³/mol. The quantitative estimate of drug-likeness (QED) is 0.771. The average molecular weight is 397 g/mol. The van der Waals surface area contributed by atoms with Gasteiger partial charge in [0, 0.05) is 29.0 Å². The van der Waals surface area contributed by atoms with Gasteiger partial charge in [-0.3, -0.25) is 4.79 Å². The van der Waals surface area contributed by atoms with Crippen molar-refractivity contribution in [3.63, 3.8) is 0 Å². The molecule has 1 heterocycles. The highest BCUT2D eigenvalue weighted by molar-refractivity contribution is 14.1. The van der Waals surface area contributed by atoms with Crippen molar-refractivity contribution in [3.05, 3.63) is 27.8 Å². The van der Waals surface area contributed by atoms with Gasteiger partial charge >= 0.3 is 0 Å². The van der Waals surface area contributed by atoms with Gasteiger partial charge in [-0.1, -0.05) is 6.07 Å². The average Bonchev–Trinajstić information content (AvgIpc) is 2.39.